The molecule has 0 spiro atoms. The summed E-state index contributed by atoms with van der Waals surface area (Å²) in [6.07, 6.45) is 7.15. The van der Waals surface area contributed by atoms with Gasteiger partial charge in [-0.15, -0.1) is 0 Å². The van der Waals surface area contributed by atoms with Gasteiger partial charge in [0.05, 0.1) is 13.3 Å². The summed E-state index contributed by atoms with van der Waals surface area (Å²) in [4.78, 5) is 14.8. The largest absolute Gasteiger partial charge is 0.497 e. The van der Waals surface area contributed by atoms with Crippen LogP contribution in [0.25, 0.3) is 5.65 Å². The maximum absolute atomic E-state index is 12.9. The van der Waals surface area contributed by atoms with Crippen molar-refractivity contribution in [3.63, 3.8) is 0 Å². The number of aromatic nitrogens is 3. The first-order chi connectivity index (χ1) is 12.7. The number of imidazole rings is 1. The first kappa shape index (κ1) is 16.5. The van der Waals surface area contributed by atoms with Crippen LogP contribution in [-0.2, 0) is 7.05 Å². The van der Waals surface area contributed by atoms with Crippen molar-refractivity contribution in [1.82, 2.24) is 19.1 Å². The number of carbonyl (C=O) groups excluding carboxylic acids is 1. The van der Waals surface area contributed by atoms with E-state index < -0.39 is 0 Å². The van der Waals surface area contributed by atoms with E-state index in [1.165, 1.54) is 0 Å². The first-order valence-electron chi connectivity index (χ1n) is 8.74. The van der Waals surface area contributed by atoms with E-state index in [-0.39, 0.29) is 12.0 Å². The Balaban J connectivity index is 1.38. The molecule has 7 heteroatoms. The lowest BCUT2D eigenvalue weighted by Gasteiger charge is -2.32. The lowest BCUT2D eigenvalue weighted by atomic mass is 10.1. The van der Waals surface area contributed by atoms with E-state index in [1.54, 1.807) is 17.8 Å². The van der Waals surface area contributed by atoms with Crippen molar-refractivity contribution in [2.45, 2.75) is 18.9 Å². The minimum atomic E-state index is 0.0321. The summed E-state index contributed by atoms with van der Waals surface area (Å²) in [7, 11) is 3.56. The number of piperidine rings is 1. The van der Waals surface area contributed by atoms with Crippen LogP contribution in [0, 0.1) is 0 Å². The molecule has 0 aliphatic carbocycles. The zero-order chi connectivity index (χ0) is 18.1. The second kappa shape index (κ2) is 6.74. The lowest BCUT2D eigenvalue weighted by molar-refractivity contribution is 0.0597. The Hall–Kier alpha value is -2.96. The highest BCUT2D eigenvalue weighted by Gasteiger charge is 2.27. The minimum absolute atomic E-state index is 0.0321. The van der Waals surface area contributed by atoms with E-state index in [9.17, 15) is 4.79 Å². The highest BCUT2D eigenvalue weighted by atomic mass is 16.5. The molecule has 1 saturated heterocycles. The van der Waals surface area contributed by atoms with E-state index in [2.05, 4.69) is 5.10 Å². The number of aryl methyl sites for hydroxylation is 1. The molecule has 2 aromatic heterocycles. The van der Waals surface area contributed by atoms with Crippen LogP contribution >= 0.6 is 0 Å². The van der Waals surface area contributed by atoms with Gasteiger partial charge in [-0.05, 0) is 24.3 Å². The predicted octanol–water partition coefficient (Wildman–Crippen LogP) is 2.37. The summed E-state index contributed by atoms with van der Waals surface area (Å²) in [5.74, 6) is 1.67. The third-order valence-electron chi connectivity index (χ3n) is 4.86. The number of hydrogen-bond acceptors (Lipinski definition) is 4. The fourth-order valence-electron chi connectivity index (χ4n) is 3.39. The quantitative estimate of drug-likeness (QED) is 0.722. The zero-order valence-corrected chi connectivity index (χ0v) is 15.0. The van der Waals surface area contributed by atoms with Gasteiger partial charge in [0.25, 0.3) is 5.91 Å². The number of hydrogen-bond donors (Lipinski definition) is 0. The fraction of sp³-hybridized carbons (Fsp3) is 0.368. The maximum Gasteiger partial charge on any atom is 0.259 e. The van der Waals surface area contributed by atoms with Crippen LogP contribution in [0.3, 0.4) is 0 Å². The SMILES string of the molecule is COc1ccc(OC2CCN(C(=O)c3cnn4ccn(C)c34)CC2)cc1. The third kappa shape index (κ3) is 3.00. The Morgan fingerprint density at radius 2 is 1.81 bits per heavy atom. The molecule has 0 saturated carbocycles. The molecular formula is C19H22N4O3. The van der Waals surface area contributed by atoms with Gasteiger partial charge in [-0.3, -0.25) is 4.79 Å². The molecule has 26 heavy (non-hydrogen) atoms. The molecule has 3 heterocycles. The molecular weight excluding hydrogens is 332 g/mol. The first-order valence-corrected chi connectivity index (χ1v) is 8.74. The van der Waals surface area contributed by atoms with E-state index in [1.807, 2.05) is 53.2 Å². The molecule has 0 bridgehead atoms. The summed E-state index contributed by atoms with van der Waals surface area (Å²) in [6, 6.07) is 7.60. The molecule has 1 aliphatic rings. The molecule has 136 valence electrons. The van der Waals surface area contributed by atoms with Crippen LogP contribution in [0.2, 0.25) is 0 Å². The summed E-state index contributed by atoms with van der Waals surface area (Å²) < 4.78 is 14.8. The topological polar surface area (TPSA) is 61.0 Å². The molecule has 3 aromatic rings. The smallest absolute Gasteiger partial charge is 0.259 e. The monoisotopic (exact) mass is 354 g/mol. The van der Waals surface area contributed by atoms with Crippen molar-refractivity contribution >= 4 is 11.6 Å². The molecule has 1 fully saturated rings. The Labute approximate surface area is 151 Å². The highest BCUT2D eigenvalue weighted by Crippen LogP contribution is 2.23. The average Bonchev–Trinajstić information content (AvgIpc) is 3.26. The molecule has 1 amide bonds. The summed E-state index contributed by atoms with van der Waals surface area (Å²) in [5, 5.41) is 4.25. The molecule has 0 atom stereocenters. The normalized spacial score (nSPS) is 15.4. The van der Waals surface area contributed by atoms with E-state index in [0.717, 1.165) is 30.0 Å². The molecule has 1 aromatic carbocycles. The lowest BCUT2D eigenvalue weighted by Crippen LogP contribution is -2.41. The number of ether oxygens (including phenoxy) is 2. The number of fused-ring (bicyclic) bond motifs is 1. The fourth-order valence-corrected chi connectivity index (χ4v) is 3.39. The van der Waals surface area contributed by atoms with Gasteiger partial charge in [0.2, 0.25) is 0 Å². The Bertz CT molecular complexity index is 905. The van der Waals surface area contributed by atoms with E-state index in [0.29, 0.717) is 18.7 Å². The van der Waals surface area contributed by atoms with Gasteiger partial charge in [-0.25, -0.2) is 4.52 Å². The molecule has 1 aliphatic heterocycles. The molecule has 4 rings (SSSR count). The number of benzene rings is 1. The van der Waals surface area contributed by atoms with Gasteiger partial charge in [0.1, 0.15) is 28.8 Å². The Morgan fingerprint density at radius 1 is 1.12 bits per heavy atom. The van der Waals surface area contributed by atoms with Crippen LogP contribution in [0.15, 0.2) is 42.9 Å². The number of likely N-dealkylation sites (tertiary alicyclic amines) is 1. The highest BCUT2D eigenvalue weighted by molar-refractivity contribution is 5.99. The zero-order valence-electron chi connectivity index (χ0n) is 15.0. The average molecular weight is 354 g/mol. The van der Waals surface area contributed by atoms with Crippen LogP contribution in [-0.4, -0.2) is 51.3 Å². The summed E-state index contributed by atoms with van der Waals surface area (Å²) >= 11 is 0. The third-order valence-corrected chi connectivity index (χ3v) is 4.86. The molecule has 7 nitrogen and oxygen atoms in total. The second-order valence-corrected chi connectivity index (χ2v) is 6.52. The Kier molecular flexibility index (Phi) is 4.28. The van der Waals surface area contributed by atoms with Gasteiger partial charge in [0, 0.05) is 45.4 Å². The molecule has 0 radical (unpaired) electrons. The summed E-state index contributed by atoms with van der Waals surface area (Å²) in [6.45, 7) is 1.36. The van der Waals surface area contributed by atoms with E-state index in [4.69, 9.17) is 9.47 Å². The van der Waals surface area contributed by atoms with Gasteiger partial charge in [0.15, 0.2) is 0 Å². The minimum Gasteiger partial charge on any atom is -0.497 e. The molecule has 0 N–H and O–H groups in total. The Morgan fingerprint density at radius 3 is 2.50 bits per heavy atom. The maximum atomic E-state index is 12.9. The van der Waals surface area contributed by atoms with Gasteiger partial charge in [-0.1, -0.05) is 0 Å². The van der Waals surface area contributed by atoms with Gasteiger partial charge in [-0.2, -0.15) is 5.10 Å². The number of nitrogens with zero attached hydrogens (tertiary/aromatic N) is 4. The van der Waals surface area contributed by atoms with E-state index >= 15 is 0 Å². The standard InChI is InChI=1S/C19H22N4O3/c1-21-11-12-23-18(21)17(13-20-23)19(24)22-9-7-16(8-10-22)26-15-5-3-14(25-2)4-6-15/h3-6,11-13,16H,7-10H2,1-2H3. The second-order valence-electron chi connectivity index (χ2n) is 6.52. The van der Waals surface area contributed by atoms with Crippen molar-refractivity contribution in [2.24, 2.45) is 7.05 Å². The van der Waals surface area contributed by atoms with Gasteiger partial charge >= 0.3 is 0 Å². The van der Waals surface area contributed by atoms with Crippen molar-refractivity contribution in [3.8, 4) is 11.5 Å². The van der Waals surface area contributed by atoms with Crippen molar-refractivity contribution in [1.29, 1.82) is 0 Å². The molecule has 0 unspecified atom stereocenters. The number of methoxy groups -OCH3 is 1. The van der Waals surface area contributed by atoms with Crippen LogP contribution in [0.1, 0.15) is 23.2 Å². The number of amides is 1. The number of carbonyl (C=O) groups is 1. The van der Waals surface area contributed by atoms with Crippen LogP contribution in [0.5, 0.6) is 11.5 Å². The van der Waals surface area contributed by atoms with Crippen molar-refractivity contribution in [3.05, 3.63) is 48.4 Å². The van der Waals surface area contributed by atoms with Gasteiger partial charge < -0.3 is 18.9 Å². The van der Waals surface area contributed by atoms with Crippen molar-refractivity contribution in [2.75, 3.05) is 20.2 Å². The summed E-state index contributed by atoms with van der Waals surface area (Å²) in [5.41, 5.74) is 1.47. The predicted molar refractivity (Wildman–Crippen MR) is 96.7 cm³/mol. The van der Waals surface area contributed by atoms with Crippen molar-refractivity contribution < 1.29 is 14.3 Å². The number of rotatable bonds is 4. The van der Waals surface area contributed by atoms with Crippen LogP contribution in [0.4, 0.5) is 0 Å². The van der Waals surface area contributed by atoms with Crippen LogP contribution < -0.4 is 9.47 Å².